The van der Waals surface area contributed by atoms with Crippen LogP contribution in [0.3, 0.4) is 0 Å². The van der Waals surface area contributed by atoms with Crippen molar-refractivity contribution in [1.29, 1.82) is 0 Å². The first-order chi connectivity index (χ1) is 11.5. The fraction of sp³-hybridized carbons (Fsp3) is 0.167. The molecule has 0 aliphatic heterocycles. The molecule has 1 N–H and O–H groups in total. The van der Waals surface area contributed by atoms with E-state index in [4.69, 9.17) is 4.42 Å². The van der Waals surface area contributed by atoms with Crippen molar-refractivity contribution >= 4 is 17.4 Å². The summed E-state index contributed by atoms with van der Waals surface area (Å²) in [5.41, 5.74) is 2.85. The molecule has 6 nitrogen and oxygen atoms in total. The number of nitrogens with zero attached hydrogens (tertiary/aromatic N) is 3. The largest absolute Gasteiger partial charge is 0.443 e. The van der Waals surface area contributed by atoms with Crippen LogP contribution >= 0.6 is 0 Å². The highest BCUT2D eigenvalue weighted by atomic mass is 16.3. The van der Waals surface area contributed by atoms with Crippen molar-refractivity contribution in [2.24, 2.45) is 0 Å². The summed E-state index contributed by atoms with van der Waals surface area (Å²) < 4.78 is 5.42. The second kappa shape index (κ2) is 6.54. The Balaban J connectivity index is 1.85. The summed E-state index contributed by atoms with van der Waals surface area (Å²) in [5.74, 6) is 0.885. The van der Waals surface area contributed by atoms with E-state index >= 15 is 0 Å². The molecule has 0 aliphatic carbocycles. The standard InChI is InChI=1S/C18H18N4O2/c1-12-4-6-13(7-5-12)17-16(20-11-24-17)18(23)21-14-8-9-19-15(10-14)22(2)3/h4-11H,1-3H3,(H,19,21,23). The number of aromatic nitrogens is 2. The van der Waals surface area contributed by atoms with Crippen molar-refractivity contribution in [3.63, 3.8) is 0 Å². The summed E-state index contributed by atoms with van der Waals surface area (Å²) in [6.45, 7) is 2.00. The number of oxazole rings is 1. The molecular formula is C18H18N4O2. The van der Waals surface area contributed by atoms with E-state index in [0.29, 0.717) is 11.4 Å². The third kappa shape index (κ3) is 3.27. The molecule has 122 valence electrons. The number of benzene rings is 1. The zero-order valence-corrected chi connectivity index (χ0v) is 13.8. The van der Waals surface area contributed by atoms with Gasteiger partial charge in [0.15, 0.2) is 17.8 Å². The Kier molecular flexibility index (Phi) is 4.29. The molecule has 2 aromatic heterocycles. The number of aryl methyl sites for hydroxylation is 1. The van der Waals surface area contributed by atoms with Gasteiger partial charge in [0.25, 0.3) is 5.91 Å². The highest BCUT2D eigenvalue weighted by Crippen LogP contribution is 2.24. The molecule has 0 bridgehead atoms. The van der Waals surface area contributed by atoms with Crippen LogP contribution in [-0.4, -0.2) is 30.0 Å². The Morgan fingerprint density at radius 1 is 1.12 bits per heavy atom. The van der Waals surface area contributed by atoms with Gasteiger partial charge in [-0.1, -0.05) is 29.8 Å². The van der Waals surface area contributed by atoms with E-state index < -0.39 is 0 Å². The van der Waals surface area contributed by atoms with E-state index in [9.17, 15) is 4.79 Å². The molecule has 0 fully saturated rings. The maximum absolute atomic E-state index is 12.5. The average Bonchev–Trinajstić information content (AvgIpc) is 3.05. The van der Waals surface area contributed by atoms with Crippen molar-refractivity contribution in [2.45, 2.75) is 6.92 Å². The van der Waals surface area contributed by atoms with Crippen LogP contribution in [0, 0.1) is 6.92 Å². The molecule has 0 saturated heterocycles. The van der Waals surface area contributed by atoms with E-state index in [1.807, 2.05) is 50.2 Å². The summed E-state index contributed by atoms with van der Waals surface area (Å²) in [4.78, 5) is 22.7. The van der Waals surface area contributed by atoms with Gasteiger partial charge in [-0.25, -0.2) is 9.97 Å². The number of hydrogen-bond donors (Lipinski definition) is 1. The fourth-order valence-corrected chi connectivity index (χ4v) is 2.25. The number of rotatable bonds is 4. The number of hydrogen-bond acceptors (Lipinski definition) is 5. The zero-order chi connectivity index (χ0) is 17.1. The first kappa shape index (κ1) is 15.7. The maximum Gasteiger partial charge on any atom is 0.278 e. The monoisotopic (exact) mass is 322 g/mol. The van der Waals surface area contributed by atoms with Crippen LogP contribution in [0.1, 0.15) is 16.1 Å². The van der Waals surface area contributed by atoms with Gasteiger partial charge >= 0.3 is 0 Å². The number of carbonyl (C=O) groups is 1. The Morgan fingerprint density at radius 3 is 2.58 bits per heavy atom. The molecule has 1 aromatic carbocycles. The minimum atomic E-state index is -0.324. The maximum atomic E-state index is 12.5. The molecule has 0 atom stereocenters. The van der Waals surface area contributed by atoms with Crippen LogP contribution < -0.4 is 10.2 Å². The molecule has 3 aromatic rings. The van der Waals surface area contributed by atoms with Crippen LogP contribution in [0.25, 0.3) is 11.3 Å². The molecule has 2 heterocycles. The number of anilines is 2. The average molecular weight is 322 g/mol. The molecule has 0 saturated carbocycles. The summed E-state index contributed by atoms with van der Waals surface area (Å²) >= 11 is 0. The lowest BCUT2D eigenvalue weighted by molar-refractivity contribution is 0.102. The van der Waals surface area contributed by atoms with E-state index in [1.165, 1.54) is 6.39 Å². The van der Waals surface area contributed by atoms with Crippen molar-refractivity contribution in [1.82, 2.24) is 9.97 Å². The summed E-state index contributed by atoms with van der Waals surface area (Å²) in [5, 5.41) is 2.83. The van der Waals surface area contributed by atoms with E-state index in [0.717, 1.165) is 16.9 Å². The highest BCUT2D eigenvalue weighted by molar-refractivity contribution is 6.06. The number of amides is 1. The van der Waals surface area contributed by atoms with E-state index in [2.05, 4.69) is 15.3 Å². The highest BCUT2D eigenvalue weighted by Gasteiger charge is 2.18. The molecule has 0 unspecified atom stereocenters. The third-order valence-corrected chi connectivity index (χ3v) is 3.56. The Bertz CT molecular complexity index is 853. The molecule has 0 aliphatic rings. The number of nitrogens with one attached hydrogen (secondary N) is 1. The van der Waals surface area contributed by atoms with Crippen molar-refractivity contribution in [2.75, 3.05) is 24.3 Å². The summed E-state index contributed by atoms with van der Waals surface area (Å²) in [6, 6.07) is 11.3. The quantitative estimate of drug-likeness (QED) is 0.797. The van der Waals surface area contributed by atoms with Crippen LogP contribution in [0.15, 0.2) is 53.4 Å². The van der Waals surface area contributed by atoms with Crippen LogP contribution in [0.2, 0.25) is 0 Å². The van der Waals surface area contributed by atoms with Gasteiger partial charge in [-0.05, 0) is 13.0 Å². The Labute approximate surface area is 140 Å². The van der Waals surface area contributed by atoms with Gasteiger partial charge < -0.3 is 14.6 Å². The van der Waals surface area contributed by atoms with Gasteiger partial charge in [0, 0.05) is 37.6 Å². The molecule has 6 heteroatoms. The minimum absolute atomic E-state index is 0.252. The third-order valence-electron chi connectivity index (χ3n) is 3.56. The lowest BCUT2D eigenvalue weighted by Crippen LogP contribution is -2.15. The van der Waals surface area contributed by atoms with Gasteiger partial charge in [0.2, 0.25) is 0 Å². The van der Waals surface area contributed by atoms with Crippen molar-refractivity contribution in [3.05, 3.63) is 60.2 Å². The van der Waals surface area contributed by atoms with Gasteiger partial charge in [0.1, 0.15) is 5.82 Å². The number of pyridine rings is 1. The number of carbonyl (C=O) groups excluding carboxylic acids is 1. The van der Waals surface area contributed by atoms with Crippen LogP contribution in [0.4, 0.5) is 11.5 Å². The molecule has 0 spiro atoms. The van der Waals surface area contributed by atoms with E-state index in [-0.39, 0.29) is 11.6 Å². The predicted octanol–water partition coefficient (Wildman–Crippen LogP) is 3.36. The lowest BCUT2D eigenvalue weighted by atomic mass is 10.1. The first-order valence-electron chi connectivity index (χ1n) is 7.50. The van der Waals surface area contributed by atoms with Crippen LogP contribution in [0.5, 0.6) is 0 Å². The molecule has 24 heavy (non-hydrogen) atoms. The molecule has 0 radical (unpaired) electrons. The molecule has 1 amide bonds. The normalized spacial score (nSPS) is 10.5. The summed E-state index contributed by atoms with van der Waals surface area (Å²) in [6.07, 6.45) is 2.93. The Hall–Kier alpha value is -3.15. The minimum Gasteiger partial charge on any atom is -0.443 e. The van der Waals surface area contributed by atoms with Gasteiger partial charge in [-0.3, -0.25) is 4.79 Å². The summed E-state index contributed by atoms with van der Waals surface area (Å²) in [7, 11) is 3.78. The van der Waals surface area contributed by atoms with Gasteiger partial charge in [-0.2, -0.15) is 0 Å². The van der Waals surface area contributed by atoms with E-state index in [1.54, 1.807) is 18.3 Å². The smallest absolute Gasteiger partial charge is 0.278 e. The fourth-order valence-electron chi connectivity index (χ4n) is 2.25. The van der Waals surface area contributed by atoms with Crippen molar-refractivity contribution in [3.8, 4) is 11.3 Å². The lowest BCUT2D eigenvalue weighted by Gasteiger charge is -2.12. The Morgan fingerprint density at radius 2 is 1.88 bits per heavy atom. The van der Waals surface area contributed by atoms with Crippen molar-refractivity contribution < 1.29 is 9.21 Å². The second-order valence-corrected chi connectivity index (χ2v) is 5.65. The zero-order valence-electron chi connectivity index (χ0n) is 13.8. The van der Waals surface area contributed by atoms with Gasteiger partial charge in [0.05, 0.1) is 0 Å². The second-order valence-electron chi connectivity index (χ2n) is 5.65. The molecular weight excluding hydrogens is 304 g/mol. The predicted molar refractivity (Wildman–Crippen MR) is 93.2 cm³/mol. The van der Waals surface area contributed by atoms with Gasteiger partial charge in [-0.15, -0.1) is 0 Å². The topological polar surface area (TPSA) is 71.3 Å². The SMILES string of the molecule is Cc1ccc(-c2ocnc2C(=O)Nc2ccnc(N(C)C)c2)cc1. The first-order valence-corrected chi connectivity index (χ1v) is 7.50. The van der Waals surface area contributed by atoms with Crippen LogP contribution in [-0.2, 0) is 0 Å². The molecule has 3 rings (SSSR count).